The number of hydrogen-bond acceptors (Lipinski definition) is 4. The highest BCUT2D eigenvalue weighted by atomic mass is 16.3. The summed E-state index contributed by atoms with van der Waals surface area (Å²) in [6.07, 6.45) is 0.557. The van der Waals surface area contributed by atoms with Gasteiger partial charge in [0.1, 0.15) is 0 Å². The van der Waals surface area contributed by atoms with Gasteiger partial charge in [-0.2, -0.15) is 0 Å². The van der Waals surface area contributed by atoms with Crippen molar-refractivity contribution < 1.29 is 9.90 Å². The number of H-pyrrole nitrogens is 2. The van der Waals surface area contributed by atoms with E-state index in [2.05, 4.69) is 10.3 Å². The van der Waals surface area contributed by atoms with Crippen LogP contribution in [0.2, 0.25) is 0 Å². The predicted molar refractivity (Wildman–Crippen MR) is 69.9 cm³/mol. The van der Waals surface area contributed by atoms with Crippen molar-refractivity contribution in [3.63, 3.8) is 0 Å². The smallest absolute Gasteiger partial charge is 0.325 e. The van der Waals surface area contributed by atoms with Gasteiger partial charge in [-0.15, -0.1) is 0 Å². The summed E-state index contributed by atoms with van der Waals surface area (Å²) in [6.45, 7) is 3.84. The first-order valence-corrected chi connectivity index (χ1v) is 6.13. The van der Waals surface area contributed by atoms with Crippen molar-refractivity contribution in [3.05, 3.63) is 32.6 Å². The lowest BCUT2D eigenvalue weighted by Crippen LogP contribution is -2.39. The summed E-state index contributed by atoms with van der Waals surface area (Å²) in [6, 6.07) is 0.846. The molecule has 19 heavy (non-hydrogen) atoms. The van der Waals surface area contributed by atoms with Crippen LogP contribution in [0.15, 0.2) is 15.7 Å². The molecule has 0 aliphatic carbocycles. The van der Waals surface area contributed by atoms with Gasteiger partial charge in [-0.05, 0) is 12.3 Å². The first-order valence-electron chi connectivity index (χ1n) is 6.13. The van der Waals surface area contributed by atoms with Gasteiger partial charge in [-0.25, -0.2) is 4.79 Å². The molecule has 1 unspecified atom stereocenters. The lowest BCUT2D eigenvalue weighted by molar-refractivity contribution is -0.121. The Morgan fingerprint density at radius 3 is 2.58 bits per heavy atom. The molecule has 0 spiro atoms. The fourth-order valence-electron chi connectivity index (χ4n) is 1.81. The van der Waals surface area contributed by atoms with Gasteiger partial charge in [0, 0.05) is 11.8 Å². The van der Waals surface area contributed by atoms with Crippen LogP contribution < -0.4 is 16.6 Å². The molecule has 1 aromatic rings. The Morgan fingerprint density at radius 2 is 2.05 bits per heavy atom. The molecular formula is C12H19N3O4. The second-order valence-corrected chi connectivity index (χ2v) is 4.87. The van der Waals surface area contributed by atoms with Crippen LogP contribution in [0.4, 0.5) is 0 Å². The number of aromatic amines is 2. The first-order chi connectivity index (χ1) is 8.90. The van der Waals surface area contributed by atoms with Crippen molar-refractivity contribution in [1.82, 2.24) is 15.3 Å². The van der Waals surface area contributed by atoms with Gasteiger partial charge in [-0.3, -0.25) is 14.6 Å². The molecule has 1 heterocycles. The minimum atomic E-state index is -0.642. The Hall–Kier alpha value is -1.89. The number of aliphatic hydroxyl groups is 1. The van der Waals surface area contributed by atoms with E-state index in [0.717, 1.165) is 6.07 Å². The monoisotopic (exact) mass is 269 g/mol. The number of nitrogens with one attached hydrogen (secondary N) is 3. The molecule has 1 aromatic heterocycles. The highest BCUT2D eigenvalue weighted by Crippen LogP contribution is 2.04. The molecule has 1 rings (SSSR count). The minimum absolute atomic E-state index is 0.103. The van der Waals surface area contributed by atoms with Gasteiger partial charge in [0.2, 0.25) is 5.91 Å². The van der Waals surface area contributed by atoms with E-state index in [4.69, 9.17) is 5.11 Å². The number of aliphatic hydroxyl groups excluding tert-OH is 1. The number of rotatable bonds is 6. The van der Waals surface area contributed by atoms with Crippen LogP contribution in [0.5, 0.6) is 0 Å². The Labute approximate surface area is 110 Å². The molecule has 1 atom stereocenters. The van der Waals surface area contributed by atoms with E-state index < -0.39 is 11.2 Å². The van der Waals surface area contributed by atoms with E-state index in [9.17, 15) is 14.4 Å². The summed E-state index contributed by atoms with van der Waals surface area (Å²) in [4.78, 5) is 38.2. The van der Waals surface area contributed by atoms with Crippen LogP contribution in [-0.2, 0) is 11.2 Å². The quantitative estimate of drug-likeness (QED) is 0.537. The second kappa shape index (κ2) is 6.89. The van der Waals surface area contributed by atoms with Gasteiger partial charge < -0.3 is 15.4 Å². The Morgan fingerprint density at radius 1 is 1.37 bits per heavy atom. The number of amides is 1. The maximum atomic E-state index is 11.7. The molecule has 1 amide bonds. The zero-order chi connectivity index (χ0) is 14.4. The van der Waals surface area contributed by atoms with E-state index in [-0.39, 0.29) is 30.7 Å². The average Bonchev–Trinajstić information content (AvgIpc) is 2.25. The Kier molecular flexibility index (Phi) is 5.50. The average molecular weight is 269 g/mol. The predicted octanol–water partition coefficient (Wildman–Crippen LogP) is -0.871. The van der Waals surface area contributed by atoms with E-state index in [1.165, 1.54) is 0 Å². The number of hydrogen-bond donors (Lipinski definition) is 4. The summed E-state index contributed by atoms with van der Waals surface area (Å²) in [5, 5.41) is 11.8. The van der Waals surface area contributed by atoms with Crippen molar-refractivity contribution in [2.75, 3.05) is 6.61 Å². The van der Waals surface area contributed by atoms with Gasteiger partial charge >= 0.3 is 5.69 Å². The van der Waals surface area contributed by atoms with Crippen LogP contribution in [-0.4, -0.2) is 33.6 Å². The standard InChI is InChI=1S/C12H19N3O4/c1-7(2)3-9(6-16)13-10(17)4-8-5-11(18)15-12(19)14-8/h5,7,9,16H,3-4,6H2,1-2H3,(H,13,17)(H2,14,15,18,19). The third-order valence-electron chi connectivity index (χ3n) is 2.51. The van der Waals surface area contributed by atoms with Crippen molar-refractivity contribution in [1.29, 1.82) is 0 Å². The molecule has 106 valence electrons. The summed E-state index contributed by atoms with van der Waals surface area (Å²) in [7, 11) is 0. The van der Waals surface area contributed by atoms with Crippen molar-refractivity contribution in [2.45, 2.75) is 32.7 Å². The van der Waals surface area contributed by atoms with Gasteiger partial charge in [0.05, 0.1) is 19.1 Å². The lowest BCUT2D eigenvalue weighted by atomic mass is 10.0. The largest absolute Gasteiger partial charge is 0.394 e. The molecule has 0 bridgehead atoms. The summed E-state index contributed by atoms with van der Waals surface area (Å²) >= 11 is 0. The van der Waals surface area contributed by atoms with E-state index in [1.807, 2.05) is 18.8 Å². The molecule has 0 aliphatic heterocycles. The van der Waals surface area contributed by atoms with Crippen LogP contribution >= 0.6 is 0 Å². The van der Waals surface area contributed by atoms with Crippen LogP contribution in [0, 0.1) is 5.92 Å². The van der Waals surface area contributed by atoms with Crippen LogP contribution in [0.3, 0.4) is 0 Å². The number of carbonyl (C=O) groups excluding carboxylic acids is 1. The highest BCUT2D eigenvalue weighted by molar-refractivity contribution is 5.78. The van der Waals surface area contributed by atoms with Crippen molar-refractivity contribution >= 4 is 5.91 Å². The van der Waals surface area contributed by atoms with Crippen LogP contribution in [0.25, 0.3) is 0 Å². The summed E-state index contributed by atoms with van der Waals surface area (Å²) in [5.41, 5.74) is -0.948. The van der Waals surface area contributed by atoms with Gasteiger partial charge in [-0.1, -0.05) is 13.8 Å². The number of carbonyl (C=O) groups is 1. The van der Waals surface area contributed by atoms with E-state index in [0.29, 0.717) is 12.3 Å². The molecular weight excluding hydrogens is 250 g/mol. The van der Waals surface area contributed by atoms with Crippen molar-refractivity contribution in [3.8, 4) is 0 Å². The number of aromatic nitrogens is 2. The van der Waals surface area contributed by atoms with Gasteiger partial charge in [0.25, 0.3) is 5.56 Å². The minimum Gasteiger partial charge on any atom is -0.394 e. The second-order valence-electron chi connectivity index (χ2n) is 4.87. The zero-order valence-electron chi connectivity index (χ0n) is 11.0. The zero-order valence-corrected chi connectivity index (χ0v) is 11.0. The third kappa shape index (κ3) is 5.52. The molecule has 0 aromatic carbocycles. The third-order valence-corrected chi connectivity index (χ3v) is 2.51. The van der Waals surface area contributed by atoms with Crippen LogP contribution in [0.1, 0.15) is 26.0 Å². The topological polar surface area (TPSA) is 115 Å². The molecule has 0 saturated carbocycles. The van der Waals surface area contributed by atoms with E-state index in [1.54, 1.807) is 0 Å². The molecule has 4 N–H and O–H groups in total. The maximum absolute atomic E-state index is 11.7. The molecule has 0 aliphatic rings. The summed E-state index contributed by atoms with van der Waals surface area (Å²) < 4.78 is 0. The Balaban J connectivity index is 2.64. The Bertz CT molecular complexity index is 504. The molecule has 0 fully saturated rings. The highest BCUT2D eigenvalue weighted by Gasteiger charge is 2.13. The molecule has 0 radical (unpaired) electrons. The fraction of sp³-hybridized carbons (Fsp3) is 0.583. The van der Waals surface area contributed by atoms with Gasteiger partial charge in [0.15, 0.2) is 0 Å². The maximum Gasteiger partial charge on any atom is 0.325 e. The fourth-order valence-corrected chi connectivity index (χ4v) is 1.81. The first kappa shape index (κ1) is 15.2. The van der Waals surface area contributed by atoms with Crippen molar-refractivity contribution in [2.24, 2.45) is 5.92 Å². The SMILES string of the molecule is CC(C)CC(CO)NC(=O)Cc1cc(=O)[nH]c(=O)[nH]1. The lowest BCUT2D eigenvalue weighted by Gasteiger charge is -2.18. The molecule has 7 heteroatoms. The normalized spacial score (nSPS) is 12.4. The summed E-state index contributed by atoms with van der Waals surface area (Å²) in [5.74, 6) is -0.00206. The molecule has 7 nitrogen and oxygen atoms in total. The van der Waals surface area contributed by atoms with E-state index >= 15 is 0 Å². The molecule has 0 saturated heterocycles.